The Hall–Kier alpha value is -2.37. The van der Waals surface area contributed by atoms with Gasteiger partial charge in [-0.2, -0.15) is 5.10 Å². The van der Waals surface area contributed by atoms with Crippen molar-refractivity contribution in [2.45, 2.75) is 26.4 Å². The third-order valence-electron chi connectivity index (χ3n) is 3.35. The lowest BCUT2D eigenvalue weighted by Crippen LogP contribution is -2.39. The van der Waals surface area contributed by atoms with Gasteiger partial charge < -0.3 is 10.0 Å². The molecule has 112 valence electrons. The number of halogens is 1. The average Bonchev–Trinajstić information content (AvgIpc) is 2.88. The first-order chi connectivity index (χ1) is 10.0. The molecule has 0 fully saturated rings. The van der Waals surface area contributed by atoms with Crippen molar-refractivity contribution in [2.75, 3.05) is 6.54 Å². The van der Waals surface area contributed by atoms with E-state index in [9.17, 15) is 9.18 Å². The Morgan fingerprint density at radius 1 is 1.38 bits per heavy atom. The minimum Gasteiger partial charge on any atom is -0.465 e. The Bertz CT molecular complexity index is 610. The van der Waals surface area contributed by atoms with Crippen LogP contribution in [0.15, 0.2) is 36.5 Å². The van der Waals surface area contributed by atoms with Gasteiger partial charge in [0, 0.05) is 18.3 Å². The molecule has 0 aliphatic heterocycles. The molecule has 1 N–H and O–H groups in total. The second-order valence-electron chi connectivity index (χ2n) is 4.85. The van der Waals surface area contributed by atoms with Crippen LogP contribution in [0, 0.1) is 5.82 Å². The molecule has 0 aliphatic rings. The van der Waals surface area contributed by atoms with E-state index in [1.807, 2.05) is 13.0 Å². The summed E-state index contributed by atoms with van der Waals surface area (Å²) in [4.78, 5) is 12.4. The zero-order valence-electron chi connectivity index (χ0n) is 12.0. The molecule has 2 aromatic rings. The van der Waals surface area contributed by atoms with E-state index >= 15 is 0 Å². The van der Waals surface area contributed by atoms with Crippen LogP contribution in [-0.4, -0.2) is 38.5 Å². The molecule has 1 amide bonds. The Morgan fingerprint density at radius 2 is 2.05 bits per heavy atom. The molecule has 6 heteroatoms. The summed E-state index contributed by atoms with van der Waals surface area (Å²) in [5, 5.41) is 13.5. The maximum atomic E-state index is 12.9. The molecule has 0 aliphatic carbocycles. The number of rotatable bonds is 5. The van der Waals surface area contributed by atoms with Crippen molar-refractivity contribution in [3.63, 3.8) is 0 Å². The first-order valence-electron chi connectivity index (χ1n) is 6.80. The molecule has 1 aromatic carbocycles. The first-order valence-corrected chi connectivity index (χ1v) is 6.80. The zero-order valence-corrected chi connectivity index (χ0v) is 12.0. The fourth-order valence-electron chi connectivity index (χ4n) is 2.24. The highest BCUT2D eigenvalue weighted by Gasteiger charge is 2.18. The van der Waals surface area contributed by atoms with Crippen LogP contribution in [0.3, 0.4) is 0 Å². The van der Waals surface area contributed by atoms with Gasteiger partial charge in [-0.3, -0.25) is 4.68 Å². The standard InChI is InChI=1S/C15H18FN3O2/c1-3-19(15(20)21)11(2)10-18-9-8-14(17-18)12-4-6-13(16)7-5-12/h4-9,11H,3,10H2,1-2H3,(H,20,21)/t11-/m1/s1. The summed E-state index contributed by atoms with van der Waals surface area (Å²) in [7, 11) is 0. The molecule has 0 saturated heterocycles. The Morgan fingerprint density at radius 3 is 2.62 bits per heavy atom. The van der Waals surface area contributed by atoms with Crippen LogP contribution in [-0.2, 0) is 6.54 Å². The molecule has 0 radical (unpaired) electrons. The number of likely N-dealkylation sites (N-methyl/N-ethyl adjacent to an activating group) is 1. The number of benzene rings is 1. The minimum absolute atomic E-state index is 0.173. The third kappa shape index (κ3) is 3.59. The topological polar surface area (TPSA) is 58.4 Å². The highest BCUT2D eigenvalue weighted by atomic mass is 19.1. The number of hydrogen-bond donors (Lipinski definition) is 1. The summed E-state index contributed by atoms with van der Waals surface area (Å²) in [5.41, 5.74) is 1.56. The minimum atomic E-state index is -0.934. The lowest BCUT2D eigenvalue weighted by atomic mass is 10.1. The second-order valence-corrected chi connectivity index (χ2v) is 4.85. The molecule has 21 heavy (non-hydrogen) atoms. The summed E-state index contributed by atoms with van der Waals surface area (Å²) in [5.74, 6) is -0.285. The van der Waals surface area contributed by atoms with Gasteiger partial charge in [0.1, 0.15) is 5.82 Å². The molecule has 1 heterocycles. The van der Waals surface area contributed by atoms with Crippen molar-refractivity contribution in [1.29, 1.82) is 0 Å². The quantitative estimate of drug-likeness (QED) is 0.921. The first kappa shape index (κ1) is 15.0. The van der Waals surface area contributed by atoms with Gasteiger partial charge in [-0.05, 0) is 44.2 Å². The SMILES string of the molecule is CCN(C(=O)O)[C@H](C)Cn1ccc(-c2ccc(F)cc2)n1. The maximum Gasteiger partial charge on any atom is 0.407 e. The fraction of sp³-hybridized carbons (Fsp3) is 0.333. The van der Waals surface area contributed by atoms with Crippen molar-refractivity contribution in [3.8, 4) is 11.3 Å². The lowest BCUT2D eigenvalue weighted by Gasteiger charge is -2.24. The molecule has 5 nitrogen and oxygen atoms in total. The zero-order chi connectivity index (χ0) is 15.4. The van der Waals surface area contributed by atoms with E-state index in [1.54, 1.807) is 29.9 Å². The van der Waals surface area contributed by atoms with Gasteiger partial charge in [-0.15, -0.1) is 0 Å². The van der Waals surface area contributed by atoms with Crippen molar-refractivity contribution >= 4 is 6.09 Å². The normalized spacial score (nSPS) is 12.1. The Balaban J connectivity index is 2.09. The number of hydrogen-bond acceptors (Lipinski definition) is 2. The summed E-state index contributed by atoms with van der Waals surface area (Å²) in [6.07, 6.45) is 0.862. The van der Waals surface area contributed by atoms with E-state index in [0.717, 1.165) is 11.3 Å². The lowest BCUT2D eigenvalue weighted by molar-refractivity contribution is 0.125. The maximum absolute atomic E-state index is 12.9. The van der Waals surface area contributed by atoms with Gasteiger partial charge in [0.25, 0.3) is 0 Å². The molecule has 1 aromatic heterocycles. The highest BCUT2D eigenvalue weighted by Crippen LogP contribution is 2.17. The van der Waals surface area contributed by atoms with Crippen LogP contribution in [0.25, 0.3) is 11.3 Å². The smallest absolute Gasteiger partial charge is 0.407 e. The van der Waals surface area contributed by atoms with Crippen molar-refractivity contribution in [2.24, 2.45) is 0 Å². The fourth-order valence-corrected chi connectivity index (χ4v) is 2.24. The number of nitrogens with zero attached hydrogens (tertiary/aromatic N) is 3. The number of amides is 1. The van der Waals surface area contributed by atoms with Gasteiger partial charge in [0.05, 0.1) is 18.3 Å². The molecule has 0 unspecified atom stereocenters. The van der Waals surface area contributed by atoms with Crippen LogP contribution >= 0.6 is 0 Å². The van der Waals surface area contributed by atoms with Crippen LogP contribution in [0.2, 0.25) is 0 Å². The average molecular weight is 291 g/mol. The highest BCUT2D eigenvalue weighted by molar-refractivity contribution is 5.65. The summed E-state index contributed by atoms with van der Waals surface area (Å²) >= 11 is 0. The van der Waals surface area contributed by atoms with E-state index in [1.165, 1.54) is 17.0 Å². The van der Waals surface area contributed by atoms with Gasteiger partial charge in [-0.25, -0.2) is 9.18 Å². The van der Waals surface area contributed by atoms with E-state index in [0.29, 0.717) is 13.1 Å². The van der Waals surface area contributed by atoms with Gasteiger partial charge in [0.2, 0.25) is 0 Å². The van der Waals surface area contributed by atoms with Crippen LogP contribution in [0.1, 0.15) is 13.8 Å². The second kappa shape index (κ2) is 6.39. The number of aromatic nitrogens is 2. The van der Waals surface area contributed by atoms with E-state index in [2.05, 4.69) is 5.10 Å². The monoisotopic (exact) mass is 291 g/mol. The summed E-state index contributed by atoms with van der Waals surface area (Å²) < 4.78 is 14.6. The molecule has 2 rings (SSSR count). The molecule has 0 bridgehead atoms. The van der Waals surface area contributed by atoms with Crippen LogP contribution in [0.5, 0.6) is 0 Å². The predicted octanol–water partition coefficient (Wildman–Crippen LogP) is 3.08. The van der Waals surface area contributed by atoms with Crippen LogP contribution < -0.4 is 0 Å². The van der Waals surface area contributed by atoms with Crippen LogP contribution in [0.4, 0.5) is 9.18 Å². The van der Waals surface area contributed by atoms with E-state index < -0.39 is 6.09 Å². The van der Waals surface area contributed by atoms with Gasteiger partial charge in [-0.1, -0.05) is 0 Å². The molecular formula is C15H18FN3O2. The molecule has 0 saturated carbocycles. The van der Waals surface area contributed by atoms with Crippen molar-refractivity contribution in [1.82, 2.24) is 14.7 Å². The van der Waals surface area contributed by atoms with Crippen molar-refractivity contribution in [3.05, 3.63) is 42.3 Å². The Labute approximate surface area is 122 Å². The van der Waals surface area contributed by atoms with Crippen molar-refractivity contribution < 1.29 is 14.3 Å². The van der Waals surface area contributed by atoms with Gasteiger partial charge >= 0.3 is 6.09 Å². The predicted molar refractivity (Wildman–Crippen MR) is 77.5 cm³/mol. The van der Waals surface area contributed by atoms with E-state index in [4.69, 9.17) is 5.11 Å². The summed E-state index contributed by atoms with van der Waals surface area (Å²) in [6, 6.07) is 7.77. The number of carbonyl (C=O) groups is 1. The Kier molecular flexibility index (Phi) is 4.57. The third-order valence-corrected chi connectivity index (χ3v) is 3.35. The molecule has 0 spiro atoms. The van der Waals surface area contributed by atoms with E-state index in [-0.39, 0.29) is 11.9 Å². The molecular weight excluding hydrogens is 273 g/mol. The molecule has 1 atom stereocenters. The summed E-state index contributed by atoms with van der Waals surface area (Å²) in [6.45, 7) is 4.55. The number of carboxylic acid groups (broad SMARTS) is 1. The van der Waals surface area contributed by atoms with Gasteiger partial charge in [0.15, 0.2) is 0 Å². The largest absolute Gasteiger partial charge is 0.465 e.